The van der Waals surface area contributed by atoms with Crippen LogP contribution >= 0.6 is 11.3 Å². The first-order chi connectivity index (χ1) is 10.8. The van der Waals surface area contributed by atoms with Crippen LogP contribution in [-0.4, -0.2) is 28.4 Å². The van der Waals surface area contributed by atoms with Crippen LogP contribution in [0.1, 0.15) is 28.1 Å². The van der Waals surface area contributed by atoms with Crippen LogP contribution in [0.5, 0.6) is 0 Å². The number of benzene rings is 1. The highest BCUT2D eigenvalue weighted by Gasteiger charge is 2.30. The van der Waals surface area contributed by atoms with Crippen molar-refractivity contribution >= 4 is 28.1 Å². The van der Waals surface area contributed by atoms with E-state index in [2.05, 4.69) is 34.3 Å². The Morgan fingerprint density at radius 3 is 3.05 bits per heavy atom. The lowest BCUT2D eigenvalue weighted by atomic mass is 10.0. The van der Waals surface area contributed by atoms with Crippen molar-refractivity contribution in [1.29, 1.82) is 0 Å². The number of thiophene rings is 1. The average molecular weight is 310 g/mol. The maximum Gasteiger partial charge on any atom is 0.264 e. The molecule has 22 heavy (non-hydrogen) atoms. The molecular weight excluding hydrogens is 292 g/mol. The summed E-state index contributed by atoms with van der Waals surface area (Å²) in [5, 5.41) is 3.25. The molecule has 3 nitrogen and oxygen atoms in total. The van der Waals surface area contributed by atoms with Crippen molar-refractivity contribution in [2.24, 2.45) is 0 Å². The number of rotatable bonds is 3. The summed E-state index contributed by atoms with van der Waals surface area (Å²) in [6.45, 7) is 0.879. The quantitative estimate of drug-likeness (QED) is 0.777. The fourth-order valence-corrected chi connectivity index (χ4v) is 4.09. The van der Waals surface area contributed by atoms with E-state index in [1.54, 1.807) is 0 Å². The van der Waals surface area contributed by atoms with Crippen molar-refractivity contribution in [3.63, 3.8) is 0 Å². The van der Waals surface area contributed by atoms with Crippen molar-refractivity contribution < 1.29 is 4.79 Å². The normalized spacial score (nSPS) is 18.2. The Labute approximate surface area is 133 Å². The number of para-hydroxylation sites is 1. The summed E-state index contributed by atoms with van der Waals surface area (Å²) in [6, 6.07) is 12.6. The molecule has 112 valence electrons. The number of hydrogen-bond acceptors (Lipinski definition) is 2. The van der Waals surface area contributed by atoms with E-state index >= 15 is 0 Å². The van der Waals surface area contributed by atoms with Gasteiger partial charge in [0.05, 0.1) is 4.88 Å². The minimum Gasteiger partial charge on any atom is -0.361 e. The van der Waals surface area contributed by atoms with Crippen LogP contribution in [0.2, 0.25) is 0 Å². The smallest absolute Gasteiger partial charge is 0.264 e. The number of likely N-dealkylation sites (tertiary alicyclic amines) is 1. The van der Waals surface area contributed by atoms with Crippen LogP contribution in [0.3, 0.4) is 0 Å². The van der Waals surface area contributed by atoms with Crippen LogP contribution in [0.15, 0.2) is 48.0 Å². The molecule has 1 aromatic carbocycles. The van der Waals surface area contributed by atoms with Gasteiger partial charge in [0.1, 0.15) is 0 Å². The predicted octanol–water partition coefficient (Wildman–Crippen LogP) is 4.08. The molecular formula is C18H18N2OS. The van der Waals surface area contributed by atoms with Crippen LogP contribution < -0.4 is 0 Å². The zero-order valence-corrected chi connectivity index (χ0v) is 13.1. The molecule has 1 amide bonds. The molecule has 0 saturated carbocycles. The number of fused-ring (bicyclic) bond motifs is 1. The molecule has 4 rings (SSSR count). The molecule has 4 heteroatoms. The van der Waals surface area contributed by atoms with Gasteiger partial charge >= 0.3 is 0 Å². The Morgan fingerprint density at radius 1 is 1.27 bits per heavy atom. The van der Waals surface area contributed by atoms with E-state index in [-0.39, 0.29) is 5.91 Å². The summed E-state index contributed by atoms with van der Waals surface area (Å²) in [5.74, 6) is 0.192. The van der Waals surface area contributed by atoms with E-state index in [0.29, 0.717) is 6.04 Å². The number of nitrogens with zero attached hydrogens (tertiary/aromatic N) is 1. The molecule has 0 aliphatic carbocycles. The highest BCUT2D eigenvalue weighted by Crippen LogP contribution is 2.27. The first-order valence-electron chi connectivity index (χ1n) is 7.72. The van der Waals surface area contributed by atoms with E-state index in [9.17, 15) is 4.79 Å². The second-order valence-corrected chi connectivity index (χ2v) is 6.78. The first-order valence-corrected chi connectivity index (χ1v) is 8.60. The molecule has 1 saturated heterocycles. The summed E-state index contributed by atoms with van der Waals surface area (Å²) >= 11 is 1.53. The Kier molecular flexibility index (Phi) is 3.47. The summed E-state index contributed by atoms with van der Waals surface area (Å²) in [7, 11) is 0. The van der Waals surface area contributed by atoms with Gasteiger partial charge in [-0.15, -0.1) is 11.3 Å². The lowest BCUT2D eigenvalue weighted by Crippen LogP contribution is -2.36. The molecule has 1 N–H and O–H groups in total. The zero-order chi connectivity index (χ0) is 14.9. The summed E-state index contributed by atoms with van der Waals surface area (Å²) in [4.78, 5) is 18.9. The number of aromatic nitrogens is 1. The fraction of sp³-hybridized carbons (Fsp3) is 0.278. The molecule has 1 atom stereocenters. The van der Waals surface area contributed by atoms with E-state index in [1.165, 1.54) is 27.8 Å². The topological polar surface area (TPSA) is 36.1 Å². The number of hydrogen-bond donors (Lipinski definition) is 1. The second kappa shape index (κ2) is 5.61. The molecule has 0 bridgehead atoms. The summed E-state index contributed by atoms with van der Waals surface area (Å²) in [5.41, 5.74) is 2.48. The predicted molar refractivity (Wildman–Crippen MR) is 90.4 cm³/mol. The molecule has 1 fully saturated rings. The number of carbonyl (C=O) groups is 1. The number of nitrogens with one attached hydrogen (secondary N) is 1. The van der Waals surface area contributed by atoms with E-state index < -0.39 is 0 Å². The fourth-order valence-electron chi connectivity index (χ4n) is 3.41. The van der Waals surface area contributed by atoms with Gasteiger partial charge in [0.15, 0.2) is 0 Å². The monoisotopic (exact) mass is 310 g/mol. The summed E-state index contributed by atoms with van der Waals surface area (Å²) < 4.78 is 0. The second-order valence-electron chi connectivity index (χ2n) is 5.84. The van der Waals surface area contributed by atoms with Gasteiger partial charge < -0.3 is 9.88 Å². The highest BCUT2D eigenvalue weighted by molar-refractivity contribution is 7.12. The first kappa shape index (κ1) is 13.6. The third-order valence-corrected chi connectivity index (χ3v) is 5.36. The van der Waals surface area contributed by atoms with Crippen LogP contribution in [-0.2, 0) is 6.42 Å². The van der Waals surface area contributed by atoms with Gasteiger partial charge in [0.2, 0.25) is 0 Å². The van der Waals surface area contributed by atoms with Crippen molar-refractivity contribution in [2.45, 2.75) is 25.3 Å². The zero-order valence-electron chi connectivity index (χ0n) is 12.3. The van der Waals surface area contributed by atoms with Crippen molar-refractivity contribution in [2.75, 3.05) is 6.54 Å². The van der Waals surface area contributed by atoms with Gasteiger partial charge in [-0.25, -0.2) is 0 Å². The van der Waals surface area contributed by atoms with Crippen molar-refractivity contribution in [3.8, 4) is 0 Å². The van der Waals surface area contributed by atoms with E-state index in [0.717, 1.165) is 30.7 Å². The third kappa shape index (κ3) is 2.33. The Hall–Kier alpha value is -2.07. The molecule has 1 unspecified atom stereocenters. The van der Waals surface area contributed by atoms with E-state index in [1.807, 2.05) is 23.6 Å². The number of amides is 1. The molecule has 0 spiro atoms. The number of carbonyl (C=O) groups excluding carboxylic acids is 1. The Bertz CT molecular complexity index is 790. The van der Waals surface area contributed by atoms with Gasteiger partial charge in [0, 0.05) is 29.7 Å². The van der Waals surface area contributed by atoms with Gasteiger partial charge in [-0.1, -0.05) is 24.3 Å². The minimum atomic E-state index is 0.192. The van der Waals surface area contributed by atoms with Gasteiger partial charge in [0.25, 0.3) is 5.91 Å². The van der Waals surface area contributed by atoms with Crippen LogP contribution in [0.4, 0.5) is 0 Å². The van der Waals surface area contributed by atoms with Gasteiger partial charge in [-0.3, -0.25) is 4.79 Å². The van der Waals surface area contributed by atoms with Gasteiger partial charge in [-0.05, 0) is 42.3 Å². The molecule has 1 aliphatic heterocycles. The van der Waals surface area contributed by atoms with Gasteiger partial charge in [-0.2, -0.15) is 0 Å². The molecule has 1 aliphatic rings. The third-order valence-electron chi connectivity index (χ3n) is 4.50. The maximum atomic E-state index is 12.6. The largest absolute Gasteiger partial charge is 0.361 e. The SMILES string of the molecule is O=C(c1cccs1)N1CCCC1Cc1c[nH]c2ccccc12. The summed E-state index contributed by atoms with van der Waals surface area (Å²) in [6.07, 6.45) is 5.22. The standard InChI is InChI=1S/C18H18N2OS/c21-18(17-8-4-10-22-17)20-9-3-5-14(20)11-13-12-19-16-7-2-1-6-15(13)16/h1-2,4,6-8,10,12,14,19H,3,5,9,11H2. The molecule has 3 heterocycles. The van der Waals surface area contributed by atoms with E-state index in [4.69, 9.17) is 0 Å². The molecule has 3 aromatic rings. The molecule has 2 aromatic heterocycles. The van der Waals surface area contributed by atoms with Crippen molar-refractivity contribution in [3.05, 3.63) is 58.4 Å². The average Bonchev–Trinajstić information content (AvgIpc) is 3.28. The van der Waals surface area contributed by atoms with Crippen molar-refractivity contribution in [1.82, 2.24) is 9.88 Å². The maximum absolute atomic E-state index is 12.6. The Morgan fingerprint density at radius 2 is 2.18 bits per heavy atom. The highest BCUT2D eigenvalue weighted by atomic mass is 32.1. The van der Waals surface area contributed by atoms with Crippen LogP contribution in [0, 0.1) is 0 Å². The lowest BCUT2D eigenvalue weighted by Gasteiger charge is -2.24. The number of H-pyrrole nitrogens is 1. The lowest BCUT2D eigenvalue weighted by molar-refractivity contribution is 0.0741. The molecule has 0 radical (unpaired) electrons. The number of aromatic amines is 1. The van der Waals surface area contributed by atoms with Crippen LogP contribution in [0.25, 0.3) is 10.9 Å². The Balaban J connectivity index is 1.58. The minimum absolute atomic E-state index is 0.192.